The Morgan fingerprint density at radius 3 is 2.72 bits per heavy atom. The van der Waals surface area contributed by atoms with E-state index in [1.807, 2.05) is 0 Å². The van der Waals surface area contributed by atoms with E-state index in [0.717, 1.165) is 0 Å². The van der Waals surface area contributed by atoms with Crippen LogP contribution in [-0.4, -0.2) is 35.0 Å². The zero-order chi connectivity index (χ0) is 13.3. The van der Waals surface area contributed by atoms with E-state index in [9.17, 15) is 5.11 Å². The van der Waals surface area contributed by atoms with Crippen molar-refractivity contribution in [3.8, 4) is 0 Å². The molecule has 0 amide bonds. The number of methoxy groups -OCH3 is 1. The van der Waals surface area contributed by atoms with Crippen LogP contribution in [0.1, 0.15) is 51.1 Å². The summed E-state index contributed by atoms with van der Waals surface area (Å²) in [6.07, 6.45) is 0.0574. The van der Waals surface area contributed by atoms with Crippen molar-refractivity contribution in [3.05, 3.63) is 11.7 Å². The lowest BCUT2D eigenvalue weighted by atomic mass is 9.88. The van der Waals surface area contributed by atoms with Gasteiger partial charge in [-0.3, -0.25) is 0 Å². The van der Waals surface area contributed by atoms with Crippen LogP contribution in [0.5, 0.6) is 0 Å². The molecule has 2 heterocycles. The molecular weight excluding hydrogens is 234 g/mol. The van der Waals surface area contributed by atoms with Crippen LogP contribution in [0.3, 0.4) is 0 Å². The quantitative estimate of drug-likeness (QED) is 0.844. The fourth-order valence-corrected chi connectivity index (χ4v) is 2.25. The van der Waals surface area contributed by atoms with E-state index in [4.69, 9.17) is 9.26 Å². The van der Waals surface area contributed by atoms with E-state index < -0.39 is 0 Å². The summed E-state index contributed by atoms with van der Waals surface area (Å²) in [4.78, 5) is 4.39. The normalized spacial score (nSPS) is 26.5. The molecular formula is C12H21N3O3. The van der Waals surface area contributed by atoms with Gasteiger partial charge in [0.15, 0.2) is 0 Å². The van der Waals surface area contributed by atoms with Gasteiger partial charge in [0.1, 0.15) is 6.10 Å². The molecule has 102 valence electrons. The van der Waals surface area contributed by atoms with Crippen LogP contribution >= 0.6 is 0 Å². The molecule has 1 aliphatic heterocycles. The van der Waals surface area contributed by atoms with E-state index in [-0.39, 0.29) is 23.7 Å². The maximum absolute atomic E-state index is 9.48. The van der Waals surface area contributed by atoms with Crippen molar-refractivity contribution in [1.82, 2.24) is 15.5 Å². The molecule has 1 aliphatic rings. The fraction of sp³-hybridized carbons (Fsp3) is 0.833. The van der Waals surface area contributed by atoms with Gasteiger partial charge in [-0.25, -0.2) is 0 Å². The molecule has 0 spiro atoms. The number of aliphatic hydroxyl groups is 1. The highest BCUT2D eigenvalue weighted by molar-refractivity contribution is 5.01. The second-order valence-corrected chi connectivity index (χ2v) is 5.82. The standard InChI is InChI=1S/C12H21N3O3/c1-12(2,3)9(17-4)10-14-11(18-15-10)8-5-7(16)6-13-8/h7-9,13,16H,5-6H2,1-4H3/t7-,8+,9?/m0/s1. The topological polar surface area (TPSA) is 80.4 Å². The maximum Gasteiger partial charge on any atom is 0.243 e. The molecule has 1 saturated heterocycles. The molecule has 2 N–H and O–H groups in total. The molecule has 3 atom stereocenters. The lowest BCUT2D eigenvalue weighted by Gasteiger charge is -2.26. The van der Waals surface area contributed by atoms with Crippen molar-refractivity contribution in [1.29, 1.82) is 0 Å². The summed E-state index contributed by atoms with van der Waals surface area (Å²) in [5.74, 6) is 1.08. The Hall–Kier alpha value is -0.980. The van der Waals surface area contributed by atoms with Gasteiger partial charge in [0.05, 0.1) is 12.1 Å². The molecule has 0 radical (unpaired) electrons. The van der Waals surface area contributed by atoms with Crippen molar-refractivity contribution in [2.24, 2.45) is 5.41 Å². The molecule has 0 aromatic carbocycles. The highest BCUT2D eigenvalue weighted by atomic mass is 16.5. The number of ether oxygens (including phenoxy) is 1. The van der Waals surface area contributed by atoms with Gasteiger partial charge in [-0.15, -0.1) is 0 Å². The molecule has 18 heavy (non-hydrogen) atoms. The molecule has 6 heteroatoms. The number of β-amino-alcohol motifs (C(OH)–C–C–N with tert-alkyl or cyclic N) is 1. The zero-order valence-electron chi connectivity index (χ0n) is 11.3. The van der Waals surface area contributed by atoms with Crippen LogP contribution in [0.15, 0.2) is 4.52 Å². The first-order valence-electron chi connectivity index (χ1n) is 6.19. The molecule has 0 bridgehead atoms. The maximum atomic E-state index is 9.48. The Balaban J connectivity index is 2.14. The summed E-state index contributed by atoms with van der Waals surface area (Å²) >= 11 is 0. The molecule has 1 unspecified atom stereocenters. The SMILES string of the molecule is COC(c1noc([C@H]2C[C@H](O)CN2)n1)C(C)(C)C. The molecule has 6 nitrogen and oxygen atoms in total. The first-order valence-corrected chi connectivity index (χ1v) is 6.19. The lowest BCUT2D eigenvalue weighted by molar-refractivity contribution is 0.00718. The average Bonchev–Trinajstić information content (AvgIpc) is 2.85. The van der Waals surface area contributed by atoms with Gasteiger partial charge in [0, 0.05) is 13.7 Å². The van der Waals surface area contributed by atoms with Crippen LogP contribution in [0, 0.1) is 5.41 Å². The number of nitrogens with one attached hydrogen (secondary N) is 1. The smallest absolute Gasteiger partial charge is 0.243 e. The second-order valence-electron chi connectivity index (χ2n) is 5.82. The van der Waals surface area contributed by atoms with Gasteiger partial charge in [0.2, 0.25) is 11.7 Å². The number of hydrogen-bond acceptors (Lipinski definition) is 6. The fourth-order valence-electron chi connectivity index (χ4n) is 2.25. The third-order valence-electron chi connectivity index (χ3n) is 3.12. The van der Waals surface area contributed by atoms with Gasteiger partial charge < -0.3 is 19.7 Å². The number of aliphatic hydroxyl groups excluding tert-OH is 1. The monoisotopic (exact) mass is 255 g/mol. The summed E-state index contributed by atoms with van der Waals surface area (Å²) in [5.41, 5.74) is -0.0987. The summed E-state index contributed by atoms with van der Waals surface area (Å²) < 4.78 is 10.7. The predicted octanol–water partition coefficient (Wildman–Crippen LogP) is 1.20. The van der Waals surface area contributed by atoms with E-state index in [1.54, 1.807) is 7.11 Å². The van der Waals surface area contributed by atoms with Crippen LogP contribution in [0.4, 0.5) is 0 Å². The minimum Gasteiger partial charge on any atom is -0.392 e. The van der Waals surface area contributed by atoms with Gasteiger partial charge >= 0.3 is 0 Å². The Kier molecular flexibility index (Phi) is 3.70. The first kappa shape index (κ1) is 13.5. The van der Waals surface area contributed by atoms with Crippen LogP contribution < -0.4 is 5.32 Å². The molecule has 1 fully saturated rings. The second kappa shape index (κ2) is 4.95. The number of nitrogens with zero attached hydrogens (tertiary/aromatic N) is 2. The van der Waals surface area contributed by atoms with E-state index >= 15 is 0 Å². The molecule has 0 aliphatic carbocycles. The highest BCUT2D eigenvalue weighted by Crippen LogP contribution is 2.34. The summed E-state index contributed by atoms with van der Waals surface area (Å²) in [6.45, 7) is 6.76. The first-order chi connectivity index (χ1) is 8.41. The van der Waals surface area contributed by atoms with Crippen molar-refractivity contribution in [2.75, 3.05) is 13.7 Å². The van der Waals surface area contributed by atoms with E-state index in [2.05, 4.69) is 36.2 Å². The largest absolute Gasteiger partial charge is 0.392 e. The molecule has 1 aromatic heterocycles. The molecule has 0 saturated carbocycles. The Morgan fingerprint density at radius 2 is 2.22 bits per heavy atom. The Labute approximate surface area is 107 Å². The van der Waals surface area contributed by atoms with Crippen LogP contribution in [-0.2, 0) is 4.74 Å². The number of hydrogen-bond donors (Lipinski definition) is 2. The average molecular weight is 255 g/mol. The summed E-state index contributed by atoms with van der Waals surface area (Å²) in [5, 5.41) is 16.6. The van der Waals surface area contributed by atoms with Crippen molar-refractivity contribution in [2.45, 2.75) is 45.4 Å². The van der Waals surface area contributed by atoms with Crippen molar-refractivity contribution < 1.29 is 14.4 Å². The Bertz CT molecular complexity index is 400. The van der Waals surface area contributed by atoms with Crippen LogP contribution in [0.2, 0.25) is 0 Å². The van der Waals surface area contributed by atoms with Gasteiger partial charge in [-0.05, 0) is 11.8 Å². The summed E-state index contributed by atoms with van der Waals surface area (Å²) in [7, 11) is 1.64. The summed E-state index contributed by atoms with van der Waals surface area (Å²) in [6, 6.07) is -0.0567. The third kappa shape index (κ3) is 2.71. The van der Waals surface area contributed by atoms with Gasteiger partial charge in [-0.2, -0.15) is 4.98 Å². The predicted molar refractivity (Wildman–Crippen MR) is 64.9 cm³/mol. The minimum absolute atomic E-state index is 0.0567. The van der Waals surface area contributed by atoms with Crippen LogP contribution in [0.25, 0.3) is 0 Å². The van der Waals surface area contributed by atoms with E-state index in [0.29, 0.717) is 24.7 Å². The minimum atomic E-state index is -0.341. The lowest BCUT2D eigenvalue weighted by Crippen LogP contribution is -2.21. The van der Waals surface area contributed by atoms with E-state index in [1.165, 1.54) is 0 Å². The van der Waals surface area contributed by atoms with Gasteiger partial charge in [0.25, 0.3) is 0 Å². The van der Waals surface area contributed by atoms with Crippen molar-refractivity contribution >= 4 is 0 Å². The zero-order valence-corrected chi connectivity index (χ0v) is 11.3. The highest BCUT2D eigenvalue weighted by Gasteiger charge is 2.33. The number of aromatic nitrogens is 2. The third-order valence-corrected chi connectivity index (χ3v) is 3.12. The molecule has 2 rings (SSSR count). The number of rotatable bonds is 3. The molecule has 1 aromatic rings. The van der Waals surface area contributed by atoms with Gasteiger partial charge in [-0.1, -0.05) is 25.9 Å². The Morgan fingerprint density at radius 1 is 1.50 bits per heavy atom. The van der Waals surface area contributed by atoms with Crippen molar-refractivity contribution in [3.63, 3.8) is 0 Å².